The van der Waals surface area contributed by atoms with Gasteiger partial charge in [-0.2, -0.15) is 0 Å². The number of nitrogens with zero attached hydrogens (tertiary/aromatic N) is 2. The van der Waals surface area contributed by atoms with Crippen LogP contribution in [-0.4, -0.2) is 28.6 Å². The number of rotatable bonds is 6. The summed E-state index contributed by atoms with van der Waals surface area (Å²) in [6, 6.07) is 14.6. The first-order valence-electron chi connectivity index (χ1n) is 8.15. The third-order valence-corrected chi connectivity index (χ3v) is 3.63. The predicted octanol–water partition coefficient (Wildman–Crippen LogP) is 2.91. The van der Waals surface area contributed by atoms with Crippen LogP contribution in [0.4, 0.5) is 4.39 Å². The molecule has 0 saturated heterocycles. The predicted molar refractivity (Wildman–Crippen MR) is 93.0 cm³/mol. The average Bonchev–Trinajstić information content (AvgIpc) is 3.17. The van der Waals surface area contributed by atoms with Gasteiger partial charge in [-0.3, -0.25) is 9.59 Å². The van der Waals surface area contributed by atoms with Crippen LogP contribution in [0.3, 0.4) is 0 Å². The lowest BCUT2D eigenvalue weighted by Gasteiger charge is -2.10. The number of amides is 1. The zero-order chi connectivity index (χ0) is 19.2. The van der Waals surface area contributed by atoms with Gasteiger partial charge in [-0.05, 0) is 31.2 Å². The van der Waals surface area contributed by atoms with E-state index >= 15 is 0 Å². The number of halogens is 1. The van der Waals surface area contributed by atoms with Crippen molar-refractivity contribution in [1.29, 1.82) is 0 Å². The minimum Gasteiger partial charge on any atom is -0.451 e. The Morgan fingerprint density at radius 3 is 2.56 bits per heavy atom. The molecule has 3 aromatic rings. The van der Waals surface area contributed by atoms with E-state index in [4.69, 9.17) is 9.15 Å². The Labute approximate surface area is 154 Å². The number of carbonyl (C=O) groups excluding carboxylic acids is 2. The highest BCUT2D eigenvalue weighted by molar-refractivity contribution is 5.96. The van der Waals surface area contributed by atoms with Gasteiger partial charge in [0.2, 0.25) is 5.89 Å². The molecule has 0 radical (unpaired) electrons. The van der Waals surface area contributed by atoms with Gasteiger partial charge in [-0.15, -0.1) is 10.2 Å². The number of aromatic nitrogens is 2. The minimum absolute atomic E-state index is 0.127. The zero-order valence-electron chi connectivity index (χ0n) is 14.4. The van der Waals surface area contributed by atoms with Crippen LogP contribution in [0, 0.1) is 5.82 Å². The molecule has 7 nitrogen and oxygen atoms in total. The highest BCUT2D eigenvalue weighted by atomic mass is 19.1. The Kier molecular flexibility index (Phi) is 5.55. The van der Waals surface area contributed by atoms with Crippen molar-refractivity contribution in [2.24, 2.45) is 0 Å². The van der Waals surface area contributed by atoms with Crippen molar-refractivity contribution in [1.82, 2.24) is 15.5 Å². The molecular formula is C19H16FN3O4. The summed E-state index contributed by atoms with van der Waals surface area (Å²) in [6.45, 7) is 1.15. The smallest absolute Gasteiger partial charge is 0.326 e. The third-order valence-electron chi connectivity index (χ3n) is 3.63. The quantitative estimate of drug-likeness (QED) is 0.672. The summed E-state index contributed by atoms with van der Waals surface area (Å²) in [5.74, 6) is -1.66. The van der Waals surface area contributed by atoms with Gasteiger partial charge in [-0.25, -0.2) is 4.39 Å². The van der Waals surface area contributed by atoms with Crippen LogP contribution in [0.5, 0.6) is 0 Å². The molecule has 0 unspecified atom stereocenters. The highest BCUT2D eigenvalue weighted by Gasteiger charge is 2.20. The van der Waals surface area contributed by atoms with Crippen LogP contribution < -0.4 is 5.32 Å². The van der Waals surface area contributed by atoms with Gasteiger partial charge in [-0.1, -0.05) is 30.3 Å². The molecule has 3 rings (SSSR count). The van der Waals surface area contributed by atoms with E-state index < -0.39 is 30.3 Å². The summed E-state index contributed by atoms with van der Waals surface area (Å²) in [5.41, 5.74) is 0.592. The van der Waals surface area contributed by atoms with Gasteiger partial charge >= 0.3 is 5.97 Å². The van der Waals surface area contributed by atoms with E-state index in [1.54, 1.807) is 6.92 Å². The van der Waals surface area contributed by atoms with E-state index in [-0.39, 0.29) is 11.5 Å². The second-order valence-electron chi connectivity index (χ2n) is 5.61. The molecule has 1 N–H and O–H groups in total. The van der Waals surface area contributed by atoms with Crippen molar-refractivity contribution in [3.8, 4) is 11.5 Å². The monoisotopic (exact) mass is 369 g/mol. The van der Waals surface area contributed by atoms with Crippen LogP contribution >= 0.6 is 0 Å². The summed E-state index contributed by atoms with van der Waals surface area (Å²) in [7, 11) is 0. The Morgan fingerprint density at radius 1 is 1.11 bits per heavy atom. The number of carbonyl (C=O) groups is 2. The first-order chi connectivity index (χ1) is 13.0. The molecule has 1 heterocycles. The molecule has 1 amide bonds. The van der Waals surface area contributed by atoms with Crippen molar-refractivity contribution in [3.05, 3.63) is 71.9 Å². The third kappa shape index (κ3) is 4.55. The number of hydrogen-bond donors (Lipinski definition) is 1. The lowest BCUT2D eigenvalue weighted by molar-refractivity contribution is -0.148. The van der Waals surface area contributed by atoms with Gasteiger partial charge in [0.25, 0.3) is 11.8 Å². The maximum absolute atomic E-state index is 13.5. The number of benzene rings is 2. The molecule has 1 atom stereocenters. The number of esters is 1. The van der Waals surface area contributed by atoms with Crippen molar-refractivity contribution < 1.29 is 23.1 Å². The van der Waals surface area contributed by atoms with Crippen molar-refractivity contribution in [3.63, 3.8) is 0 Å². The number of hydrogen-bond acceptors (Lipinski definition) is 6. The zero-order valence-corrected chi connectivity index (χ0v) is 14.4. The number of ether oxygens (including phenoxy) is 1. The lowest BCUT2D eigenvalue weighted by Crippen LogP contribution is -2.31. The van der Waals surface area contributed by atoms with E-state index in [0.717, 1.165) is 11.6 Å². The molecule has 2 aromatic carbocycles. The molecule has 27 heavy (non-hydrogen) atoms. The molecule has 1 aromatic heterocycles. The van der Waals surface area contributed by atoms with Crippen LogP contribution in [0.25, 0.3) is 11.5 Å². The summed E-state index contributed by atoms with van der Waals surface area (Å²) in [6.07, 6.45) is -0.798. The molecule has 138 valence electrons. The SMILES string of the molecule is C[C@@H](OC(=O)CNC(=O)c1ccccc1F)c1nnc(-c2ccccc2)o1. The van der Waals surface area contributed by atoms with E-state index in [9.17, 15) is 14.0 Å². The minimum atomic E-state index is -0.798. The Hall–Kier alpha value is -3.55. The summed E-state index contributed by atoms with van der Waals surface area (Å²) in [4.78, 5) is 23.8. The summed E-state index contributed by atoms with van der Waals surface area (Å²) >= 11 is 0. The lowest BCUT2D eigenvalue weighted by atomic mass is 10.2. The molecule has 0 fully saturated rings. The standard InChI is InChI=1S/C19H16FN3O4/c1-12(18-22-23-19(27-18)13-7-3-2-4-8-13)26-16(24)11-21-17(25)14-9-5-6-10-15(14)20/h2-10,12H,11H2,1H3,(H,21,25)/t12-/m1/s1. The first kappa shape index (κ1) is 18.2. The van der Waals surface area contributed by atoms with Crippen LogP contribution in [-0.2, 0) is 9.53 Å². The normalized spacial score (nSPS) is 11.6. The fourth-order valence-corrected chi connectivity index (χ4v) is 2.28. The van der Waals surface area contributed by atoms with E-state index in [1.807, 2.05) is 30.3 Å². The van der Waals surface area contributed by atoms with E-state index in [2.05, 4.69) is 15.5 Å². The van der Waals surface area contributed by atoms with Gasteiger partial charge in [0, 0.05) is 5.56 Å². The van der Waals surface area contributed by atoms with Crippen LogP contribution in [0.15, 0.2) is 59.0 Å². The molecule has 0 aliphatic carbocycles. The second-order valence-corrected chi connectivity index (χ2v) is 5.61. The fourth-order valence-electron chi connectivity index (χ4n) is 2.28. The maximum atomic E-state index is 13.5. The van der Waals surface area contributed by atoms with Crippen LogP contribution in [0.2, 0.25) is 0 Å². The molecule has 0 spiro atoms. The number of nitrogens with one attached hydrogen (secondary N) is 1. The van der Waals surface area contributed by atoms with Crippen molar-refractivity contribution in [2.45, 2.75) is 13.0 Å². The molecule has 0 bridgehead atoms. The van der Waals surface area contributed by atoms with Gasteiger partial charge in [0.05, 0.1) is 5.56 Å². The Balaban J connectivity index is 1.54. The molecule has 0 aliphatic rings. The fraction of sp³-hybridized carbons (Fsp3) is 0.158. The van der Waals surface area contributed by atoms with Gasteiger partial charge in [0.15, 0.2) is 6.10 Å². The van der Waals surface area contributed by atoms with Crippen molar-refractivity contribution >= 4 is 11.9 Å². The molecule has 0 aliphatic heterocycles. The molecular weight excluding hydrogens is 353 g/mol. The Bertz CT molecular complexity index is 943. The van der Waals surface area contributed by atoms with Crippen molar-refractivity contribution in [2.75, 3.05) is 6.54 Å². The molecule has 0 saturated carbocycles. The maximum Gasteiger partial charge on any atom is 0.326 e. The van der Waals surface area contributed by atoms with E-state index in [0.29, 0.717) is 5.89 Å². The first-order valence-corrected chi connectivity index (χ1v) is 8.15. The highest BCUT2D eigenvalue weighted by Crippen LogP contribution is 2.21. The Morgan fingerprint density at radius 2 is 1.81 bits per heavy atom. The van der Waals surface area contributed by atoms with Gasteiger partial charge < -0.3 is 14.5 Å². The molecule has 8 heteroatoms. The summed E-state index contributed by atoms with van der Waals surface area (Å²) < 4.78 is 24.2. The van der Waals surface area contributed by atoms with E-state index in [1.165, 1.54) is 18.2 Å². The second kappa shape index (κ2) is 8.22. The van der Waals surface area contributed by atoms with Crippen LogP contribution in [0.1, 0.15) is 29.3 Å². The average molecular weight is 369 g/mol. The van der Waals surface area contributed by atoms with Gasteiger partial charge in [0.1, 0.15) is 12.4 Å². The largest absolute Gasteiger partial charge is 0.451 e. The topological polar surface area (TPSA) is 94.3 Å². The summed E-state index contributed by atoms with van der Waals surface area (Å²) in [5, 5.41) is 10.1.